The van der Waals surface area contributed by atoms with E-state index in [-0.39, 0.29) is 0 Å². The standard InChI is InChI=1S/C12H11ClFNOS/c1-12(16,5-10-2-3-11(13)17-10)8-4-9(14)7-15-6-8/h2-4,6-7,16H,5H2,1H3. The van der Waals surface area contributed by atoms with E-state index < -0.39 is 11.4 Å². The highest BCUT2D eigenvalue weighted by molar-refractivity contribution is 7.16. The van der Waals surface area contributed by atoms with Crippen LogP contribution < -0.4 is 0 Å². The lowest BCUT2D eigenvalue weighted by Gasteiger charge is -2.22. The second-order valence-electron chi connectivity index (χ2n) is 4.05. The Morgan fingerprint density at radius 1 is 1.47 bits per heavy atom. The van der Waals surface area contributed by atoms with Crippen LogP contribution in [0.2, 0.25) is 4.34 Å². The van der Waals surface area contributed by atoms with Crippen molar-refractivity contribution in [1.29, 1.82) is 0 Å². The average molecular weight is 272 g/mol. The molecule has 0 aliphatic carbocycles. The maximum atomic E-state index is 13.0. The van der Waals surface area contributed by atoms with Crippen molar-refractivity contribution in [2.24, 2.45) is 0 Å². The lowest BCUT2D eigenvalue weighted by Crippen LogP contribution is -2.24. The van der Waals surface area contributed by atoms with Crippen LogP contribution in [0.4, 0.5) is 4.39 Å². The van der Waals surface area contributed by atoms with Gasteiger partial charge in [-0.2, -0.15) is 0 Å². The zero-order chi connectivity index (χ0) is 12.5. The van der Waals surface area contributed by atoms with E-state index >= 15 is 0 Å². The first-order valence-corrected chi connectivity index (χ1v) is 6.24. The third kappa shape index (κ3) is 3.03. The topological polar surface area (TPSA) is 33.1 Å². The van der Waals surface area contributed by atoms with Crippen LogP contribution in [0.25, 0.3) is 0 Å². The van der Waals surface area contributed by atoms with Crippen LogP contribution in [0.3, 0.4) is 0 Å². The van der Waals surface area contributed by atoms with Gasteiger partial charge in [-0.15, -0.1) is 11.3 Å². The van der Waals surface area contributed by atoms with Crippen LogP contribution >= 0.6 is 22.9 Å². The van der Waals surface area contributed by atoms with Crippen molar-refractivity contribution in [2.75, 3.05) is 0 Å². The number of aliphatic hydroxyl groups is 1. The lowest BCUT2D eigenvalue weighted by molar-refractivity contribution is 0.0577. The summed E-state index contributed by atoms with van der Waals surface area (Å²) in [5.74, 6) is -0.452. The number of aromatic nitrogens is 1. The molecular formula is C12H11ClFNOS. The Hall–Kier alpha value is -0.970. The highest BCUT2D eigenvalue weighted by Gasteiger charge is 2.25. The van der Waals surface area contributed by atoms with Gasteiger partial charge in [0.2, 0.25) is 0 Å². The van der Waals surface area contributed by atoms with Crippen molar-refractivity contribution >= 4 is 22.9 Å². The summed E-state index contributed by atoms with van der Waals surface area (Å²) in [5, 5.41) is 10.3. The van der Waals surface area contributed by atoms with Gasteiger partial charge in [0, 0.05) is 23.1 Å². The summed E-state index contributed by atoms with van der Waals surface area (Å²) in [4.78, 5) is 4.69. The van der Waals surface area contributed by atoms with Gasteiger partial charge in [-0.25, -0.2) is 4.39 Å². The molecule has 0 saturated carbocycles. The number of hydrogen-bond acceptors (Lipinski definition) is 3. The predicted molar refractivity (Wildman–Crippen MR) is 66.8 cm³/mol. The van der Waals surface area contributed by atoms with E-state index in [9.17, 15) is 9.50 Å². The van der Waals surface area contributed by atoms with E-state index in [1.54, 1.807) is 13.0 Å². The molecule has 0 spiro atoms. The minimum absolute atomic E-state index is 0.384. The summed E-state index contributed by atoms with van der Waals surface area (Å²) < 4.78 is 13.7. The Morgan fingerprint density at radius 2 is 2.24 bits per heavy atom. The second kappa shape index (κ2) is 4.72. The van der Waals surface area contributed by atoms with E-state index in [1.165, 1.54) is 23.6 Å². The summed E-state index contributed by atoms with van der Waals surface area (Å²) in [6.07, 6.45) is 2.97. The third-order valence-electron chi connectivity index (χ3n) is 2.47. The molecule has 0 saturated heterocycles. The Labute approximate surface area is 108 Å². The molecule has 2 heterocycles. The Bertz CT molecular complexity index is 527. The molecule has 1 unspecified atom stereocenters. The van der Waals surface area contributed by atoms with Crippen molar-refractivity contribution in [3.05, 3.63) is 51.2 Å². The van der Waals surface area contributed by atoms with Crippen LogP contribution in [0, 0.1) is 5.82 Å². The fourth-order valence-electron chi connectivity index (χ4n) is 1.59. The zero-order valence-electron chi connectivity index (χ0n) is 9.15. The minimum atomic E-state index is -1.15. The highest BCUT2D eigenvalue weighted by Crippen LogP contribution is 2.30. The largest absolute Gasteiger partial charge is 0.385 e. The molecule has 0 amide bonds. The summed E-state index contributed by atoms with van der Waals surface area (Å²) in [5.41, 5.74) is -0.689. The smallest absolute Gasteiger partial charge is 0.141 e. The van der Waals surface area contributed by atoms with Crippen LogP contribution in [0.5, 0.6) is 0 Å². The van der Waals surface area contributed by atoms with Crippen molar-refractivity contribution < 1.29 is 9.50 Å². The van der Waals surface area contributed by atoms with Crippen molar-refractivity contribution in [3.63, 3.8) is 0 Å². The van der Waals surface area contributed by atoms with E-state index in [0.29, 0.717) is 16.3 Å². The molecule has 0 aliphatic rings. The Balaban J connectivity index is 2.24. The summed E-state index contributed by atoms with van der Waals surface area (Å²) >= 11 is 7.23. The van der Waals surface area contributed by atoms with Crippen molar-refractivity contribution in [1.82, 2.24) is 4.98 Å². The number of thiophene rings is 1. The third-order valence-corrected chi connectivity index (χ3v) is 3.71. The number of nitrogens with zero attached hydrogens (tertiary/aromatic N) is 1. The number of rotatable bonds is 3. The number of halogens is 2. The van der Waals surface area contributed by atoms with Gasteiger partial charge in [0.25, 0.3) is 0 Å². The maximum absolute atomic E-state index is 13.0. The van der Waals surface area contributed by atoms with Gasteiger partial charge in [-0.05, 0) is 25.1 Å². The van der Waals surface area contributed by atoms with Gasteiger partial charge in [0.15, 0.2) is 0 Å². The molecule has 90 valence electrons. The van der Waals surface area contributed by atoms with Crippen LogP contribution in [-0.2, 0) is 12.0 Å². The predicted octanol–water partition coefficient (Wildman–Crippen LogP) is 3.39. The monoisotopic (exact) mass is 271 g/mol. The SMILES string of the molecule is CC(O)(Cc1ccc(Cl)s1)c1cncc(F)c1. The first-order chi connectivity index (χ1) is 7.97. The van der Waals surface area contributed by atoms with E-state index in [0.717, 1.165) is 11.1 Å². The molecule has 1 N–H and O–H groups in total. The highest BCUT2D eigenvalue weighted by atomic mass is 35.5. The van der Waals surface area contributed by atoms with Crippen LogP contribution in [0.15, 0.2) is 30.6 Å². The fraction of sp³-hybridized carbons (Fsp3) is 0.250. The van der Waals surface area contributed by atoms with E-state index in [2.05, 4.69) is 4.98 Å². The Morgan fingerprint density at radius 3 is 2.82 bits per heavy atom. The van der Waals surface area contributed by atoms with Crippen LogP contribution in [-0.4, -0.2) is 10.1 Å². The number of hydrogen-bond donors (Lipinski definition) is 1. The van der Waals surface area contributed by atoms with Gasteiger partial charge in [0.1, 0.15) is 5.82 Å². The summed E-state index contributed by atoms with van der Waals surface area (Å²) in [6, 6.07) is 4.93. The first-order valence-electron chi connectivity index (χ1n) is 5.05. The molecule has 5 heteroatoms. The van der Waals surface area contributed by atoms with Gasteiger partial charge >= 0.3 is 0 Å². The van der Waals surface area contributed by atoms with Crippen molar-refractivity contribution in [2.45, 2.75) is 18.9 Å². The average Bonchev–Trinajstić information content (AvgIpc) is 2.63. The van der Waals surface area contributed by atoms with Gasteiger partial charge in [-0.3, -0.25) is 4.98 Å². The minimum Gasteiger partial charge on any atom is -0.385 e. The van der Waals surface area contributed by atoms with Gasteiger partial charge in [0.05, 0.1) is 16.1 Å². The maximum Gasteiger partial charge on any atom is 0.141 e. The molecule has 0 bridgehead atoms. The molecular weight excluding hydrogens is 261 g/mol. The summed E-state index contributed by atoms with van der Waals surface area (Å²) in [7, 11) is 0. The molecule has 2 nitrogen and oxygen atoms in total. The molecule has 0 aromatic carbocycles. The quantitative estimate of drug-likeness (QED) is 0.928. The van der Waals surface area contributed by atoms with Crippen molar-refractivity contribution in [3.8, 4) is 0 Å². The summed E-state index contributed by atoms with van der Waals surface area (Å²) in [6.45, 7) is 1.64. The second-order valence-corrected chi connectivity index (χ2v) is 5.85. The normalized spacial score (nSPS) is 14.6. The lowest BCUT2D eigenvalue weighted by atomic mass is 9.93. The van der Waals surface area contributed by atoms with Crippen LogP contribution in [0.1, 0.15) is 17.4 Å². The Kier molecular flexibility index (Phi) is 3.47. The molecule has 17 heavy (non-hydrogen) atoms. The first kappa shape index (κ1) is 12.5. The zero-order valence-corrected chi connectivity index (χ0v) is 10.7. The number of pyridine rings is 1. The van der Waals surface area contributed by atoms with E-state index in [4.69, 9.17) is 11.6 Å². The van der Waals surface area contributed by atoms with Gasteiger partial charge < -0.3 is 5.11 Å². The molecule has 2 aromatic rings. The molecule has 0 aliphatic heterocycles. The molecule has 2 aromatic heterocycles. The van der Waals surface area contributed by atoms with E-state index in [1.807, 2.05) is 6.07 Å². The molecule has 0 radical (unpaired) electrons. The molecule has 0 fully saturated rings. The van der Waals surface area contributed by atoms with Gasteiger partial charge in [-0.1, -0.05) is 11.6 Å². The fourth-order valence-corrected chi connectivity index (χ4v) is 2.83. The molecule has 1 atom stereocenters. The molecule has 2 rings (SSSR count).